The number of nitrogens with zero attached hydrogens (tertiary/aromatic N) is 1. The number of rotatable bonds is 5. The molecule has 1 aliphatic carbocycles. The van der Waals surface area contributed by atoms with E-state index in [2.05, 4.69) is 65.6 Å². The van der Waals surface area contributed by atoms with Crippen molar-refractivity contribution in [3.63, 3.8) is 0 Å². The molecule has 4 rings (SSSR count). The summed E-state index contributed by atoms with van der Waals surface area (Å²) in [6, 6.07) is 21.0. The first-order valence-electron chi connectivity index (χ1n) is 10.3. The Kier molecular flexibility index (Phi) is 6.67. The highest BCUT2D eigenvalue weighted by Crippen LogP contribution is 2.59. The van der Waals surface area contributed by atoms with E-state index in [1.807, 2.05) is 6.07 Å². The molecule has 1 fully saturated rings. The van der Waals surface area contributed by atoms with Crippen LogP contribution in [0.15, 0.2) is 77.2 Å². The third kappa shape index (κ3) is 4.41. The van der Waals surface area contributed by atoms with Crippen molar-refractivity contribution >= 4 is 29.5 Å². The molecule has 29 heavy (non-hydrogen) atoms. The van der Waals surface area contributed by atoms with Crippen LogP contribution in [0, 0.1) is 0 Å². The first kappa shape index (κ1) is 20.6. The smallest absolute Gasteiger partial charge is 0.121 e. The first-order chi connectivity index (χ1) is 14.2. The third-order valence-corrected chi connectivity index (χ3v) is 9.99. The molecule has 0 spiro atoms. The molecule has 152 valence electrons. The second kappa shape index (κ2) is 9.40. The van der Waals surface area contributed by atoms with E-state index in [1.54, 1.807) is 7.11 Å². The molecule has 2 aromatic rings. The molecule has 0 N–H and O–H groups in total. The summed E-state index contributed by atoms with van der Waals surface area (Å²) in [5.74, 6) is 0. The number of benzene rings is 2. The van der Waals surface area contributed by atoms with Crippen LogP contribution in [0.3, 0.4) is 0 Å². The van der Waals surface area contributed by atoms with Crippen LogP contribution in [0.25, 0.3) is 6.08 Å². The Balaban J connectivity index is 1.88. The van der Waals surface area contributed by atoms with Crippen molar-refractivity contribution in [2.45, 2.75) is 19.3 Å². The predicted molar refractivity (Wildman–Crippen MR) is 125 cm³/mol. The highest BCUT2D eigenvalue weighted by molar-refractivity contribution is 8.17. The van der Waals surface area contributed by atoms with Crippen LogP contribution < -0.4 is 5.30 Å². The zero-order chi connectivity index (χ0) is 20.1. The molecular formula is C24H28NO2PS. The Morgan fingerprint density at radius 3 is 2.28 bits per heavy atom. The number of morpholine rings is 1. The van der Waals surface area contributed by atoms with Gasteiger partial charge in [0.1, 0.15) is 6.26 Å². The van der Waals surface area contributed by atoms with Crippen LogP contribution in [0.5, 0.6) is 0 Å². The summed E-state index contributed by atoms with van der Waals surface area (Å²) in [7, 11) is 1.78. The van der Waals surface area contributed by atoms with Gasteiger partial charge in [-0.1, -0.05) is 72.5 Å². The van der Waals surface area contributed by atoms with Gasteiger partial charge in [-0.25, -0.2) is 0 Å². The Hall–Kier alpha value is -1.71. The number of allylic oxidation sites excluding steroid dienone is 2. The van der Waals surface area contributed by atoms with Crippen LogP contribution in [-0.2, 0) is 21.1 Å². The molecule has 1 atom stereocenters. The van der Waals surface area contributed by atoms with Gasteiger partial charge in [0.2, 0.25) is 0 Å². The average molecular weight is 426 g/mol. The molecular weight excluding hydrogens is 397 g/mol. The van der Waals surface area contributed by atoms with Crippen molar-refractivity contribution in [3.8, 4) is 0 Å². The summed E-state index contributed by atoms with van der Waals surface area (Å²) >= 11 is 6.30. The quantitative estimate of drug-likeness (QED) is 0.617. The van der Waals surface area contributed by atoms with Crippen LogP contribution in [-0.4, -0.2) is 38.3 Å². The minimum atomic E-state index is -2.30. The highest BCUT2D eigenvalue weighted by Gasteiger charge is 2.33. The maximum Gasteiger partial charge on any atom is 0.121 e. The van der Waals surface area contributed by atoms with E-state index in [0.29, 0.717) is 0 Å². The molecule has 5 heteroatoms. The normalized spacial score (nSPS) is 21.3. The van der Waals surface area contributed by atoms with Crippen molar-refractivity contribution in [1.29, 1.82) is 0 Å². The Bertz CT molecular complexity index is 934. The van der Waals surface area contributed by atoms with Crippen molar-refractivity contribution in [2.75, 3.05) is 33.4 Å². The van der Waals surface area contributed by atoms with Gasteiger partial charge in [-0.05, 0) is 36.5 Å². The monoisotopic (exact) mass is 425 g/mol. The number of hydrogen-bond acceptors (Lipinski definition) is 4. The van der Waals surface area contributed by atoms with Crippen LogP contribution in [0.4, 0.5) is 0 Å². The van der Waals surface area contributed by atoms with Crippen molar-refractivity contribution < 1.29 is 9.26 Å². The van der Waals surface area contributed by atoms with Gasteiger partial charge in [0.25, 0.3) is 0 Å². The van der Waals surface area contributed by atoms with Gasteiger partial charge in [-0.3, -0.25) is 0 Å². The van der Waals surface area contributed by atoms with Gasteiger partial charge >= 0.3 is 0 Å². The highest BCUT2D eigenvalue weighted by atomic mass is 32.4. The largest absolute Gasteiger partial charge is 0.378 e. The zero-order valence-electron chi connectivity index (χ0n) is 16.9. The lowest BCUT2D eigenvalue weighted by molar-refractivity contribution is 0.0539. The van der Waals surface area contributed by atoms with E-state index in [9.17, 15) is 0 Å². The first-order valence-corrected chi connectivity index (χ1v) is 13.0. The second-order valence-corrected chi connectivity index (χ2v) is 11.5. The fourth-order valence-electron chi connectivity index (χ4n) is 4.21. The molecule has 1 heterocycles. The van der Waals surface area contributed by atoms with E-state index < -0.39 is 6.26 Å². The van der Waals surface area contributed by atoms with Crippen LogP contribution in [0.1, 0.15) is 24.8 Å². The lowest BCUT2D eigenvalue weighted by atomic mass is 9.94. The van der Waals surface area contributed by atoms with Crippen molar-refractivity contribution in [2.24, 2.45) is 0 Å². The topological polar surface area (TPSA) is 21.7 Å². The van der Waals surface area contributed by atoms with E-state index in [4.69, 9.17) is 21.1 Å². The lowest BCUT2D eigenvalue weighted by Crippen LogP contribution is -2.37. The summed E-state index contributed by atoms with van der Waals surface area (Å²) in [4.78, 5) is 2.48. The molecule has 0 unspecified atom stereocenters. The summed E-state index contributed by atoms with van der Waals surface area (Å²) in [6.45, 7) is 3.32. The standard InChI is InChI=1S/C24H28NO2PS/c1-26-28(29,22-12-6-3-7-13-22)23-14-8-11-21(19-20-9-4-2-5-10-20)24(23)25-15-17-27-18-16-25/h2-7,9-10,12-13,19H,8,11,14-18H2,1H3/t28-/m1/s1. The van der Waals surface area contributed by atoms with Gasteiger partial charge in [0, 0.05) is 36.5 Å². The average Bonchev–Trinajstić information content (AvgIpc) is 2.80. The summed E-state index contributed by atoms with van der Waals surface area (Å²) in [6.07, 6.45) is 3.21. The van der Waals surface area contributed by atoms with Crippen molar-refractivity contribution in [1.82, 2.24) is 4.90 Å². The van der Waals surface area contributed by atoms with E-state index in [1.165, 1.54) is 22.1 Å². The minimum Gasteiger partial charge on any atom is -0.378 e. The number of ether oxygens (including phenoxy) is 1. The Morgan fingerprint density at radius 2 is 1.62 bits per heavy atom. The summed E-state index contributed by atoms with van der Waals surface area (Å²) in [5, 5.41) is 2.45. The van der Waals surface area contributed by atoms with Gasteiger partial charge in [0.15, 0.2) is 0 Å². The molecule has 0 radical (unpaired) electrons. The van der Waals surface area contributed by atoms with E-state index >= 15 is 0 Å². The van der Waals surface area contributed by atoms with E-state index in [0.717, 1.165) is 50.9 Å². The van der Waals surface area contributed by atoms with Gasteiger partial charge in [-0.15, -0.1) is 0 Å². The fraction of sp³-hybridized carbons (Fsp3) is 0.333. The van der Waals surface area contributed by atoms with Gasteiger partial charge in [-0.2, -0.15) is 0 Å². The Morgan fingerprint density at radius 1 is 0.966 bits per heavy atom. The molecule has 1 aliphatic heterocycles. The van der Waals surface area contributed by atoms with Gasteiger partial charge < -0.3 is 14.2 Å². The maximum atomic E-state index is 6.30. The number of hydrogen-bond donors (Lipinski definition) is 0. The Labute approximate surface area is 179 Å². The predicted octanol–water partition coefficient (Wildman–Crippen LogP) is 5.16. The maximum absolute atomic E-state index is 6.30. The molecule has 0 saturated carbocycles. The fourth-order valence-corrected chi connectivity index (χ4v) is 7.44. The molecule has 2 aromatic carbocycles. The van der Waals surface area contributed by atoms with Crippen LogP contribution in [0.2, 0.25) is 0 Å². The SMILES string of the molecule is CO[P@](=S)(C1=C(N2CCOCC2)C(=Cc2ccccc2)CCC1)c1ccccc1. The third-order valence-electron chi connectivity index (χ3n) is 5.61. The second-order valence-electron chi connectivity index (χ2n) is 7.40. The van der Waals surface area contributed by atoms with Crippen LogP contribution >= 0.6 is 6.26 Å². The summed E-state index contributed by atoms with van der Waals surface area (Å²) < 4.78 is 11.8. The van der Waals surface area contributed by atoms with Crippen molar-refractivity contribution in [3.05, 3.63) is 82.8 Å². The molecule has 2 aliphatic rings. The van der Waals surface area contributed by atoms with E-state index in [-0.39, 0.29) is 0 Å². The molecule has 1 saturated heterocycles. The molecule has 0 amide bonds. The zero-order valence-corrected chi connectivity index (χ0v) is 18.6. The lowest BCUT2D eigenvalue weighted by Gasteiger charge is -2.39. The molecule has 3 nitrogen and oxygen atoms in total. The minimum absolute atomic E-state index is 0.761. The summed E-state index contributed by atoms with van der Waals surface area (Å²) in [5.41, 5.74) is 3.93. The van der Waals surface area contributed by atoms with Gasteiger partial charge in [0.05, 0.1) is 13.2 Å². The molecule has 0 aromatic heterocycles. The molecule has 0 bridgehead atoms.